The number of aryl methyl sites for hydroxylation is 2. The second-order valence-electron chi connectivity index (χ2n) is 3.41. The Labute approximate surface area is 88.3 Å². The molecule has 0 fully saturated rings. The van der Waals surface area contributed by atoms with Crippen LogP contribution in [0, 0.1) is 6.92 Å². The van der Waals surface area contributed by atoms with Crippen LogP contribution in [-0.4, -0.2) is 9.55 Å². The summed E-state index contributed by atoms with van der Waals surface area (Å²) in [6, 6.07) is 6.00. The smallest absolute Gasteiger partial charge is 0.106 e. The third-order valence-electron chi connectivity index (χ3n) is 2.47. The van der Waals surface area contributed by atoms with E-state index in [9.17, 15) is 0 Å². The van der Waals surface area contributed by atoms with E-state index >= 15 is 0 Å². The topological polar surface area (TPSA) is 43.8 Å². The normalized spacial score (nSPS) is 13.4. The average Bonchev–Trinajstić information content (AvgIpc) is 2.42. The molecule has 1 atom stereocenters. The maximum atomic E-state index is 5.68. The summed E-state index contributed by atoms with van der Waals surface area (Å²) >= 11 is 4.19. The fourth-order valence-electron chi connectivity index (χ4n) is 1.52. The number of rotatable bonds is 1. The zero-order valence-electron chi connectivity index (χ0n) is 8.23. The molecule has 4 heteroatoms. The maximum absolute atomic E-state index is 5.68. The lowest BCUT2D eigenvalue weighted by Gasteiger charge is -2.04. The number of hydrogen-bond donors (Lipinski definition) is 2. The molecular formula is C10H13N3S. The minimum atomic E-state index is -0.235. The molecule has 74 valence electrons. The fraction of sp³-hybridized carbons (Fsp3) is 0.300. The average molecular weight is 207 g/mol. The van der Waals surface area contributed by atoms with E-state index < -0.39 is 0 Å². The van der Waals surface area contributed by atoms with Crippen molar-refractivity contribution in [2.75, 3.05) is 0 Å². The van der Waals surface area contributed by atoms with E-state index in [0.29, 0.717) is 0 Å². The summed E-state index contributed by atoms with van der Waals surface area (Å²) in [5, 5.41) is -0.235. The van der Waals surface area contributed by atoms with E-state index in [-0.39, 0.29) is 5.37 Å². The Kier molecular flexibility index (Phi) is 2.25. The number of benzene rings is 1. The summed E-state index contributed by atoms with van der Waals surface area (Å²) in [5.41, 5.74) is 8.78. The summed E-state index contributed by atoms with van der Waals surface area (Å²) in [6.07, 6.45) is 0. The second-order valence-corrected chi connectivity index (χ2v) is 3.97. The molecule has 2 rings (SSSR count). The first-order valence-corrected chi connectivity index (χ1v) is 4.98. The quantitative estimate of drug-likeness (QED) is 0.553. The van der Waals surface area contributed by atoms with Crippen LogP contribution in [0.25, 0.3) is 11.0 Å². The molecule has 14 heavy (non-hydrogen) atoms. The number of fused-ring (bicyclic) bond motifs is 1. The van der Waals surface area contributed by atoms with Gasteiger partial charge in [-0.05, 0) is 24.6 Å². The summed E-state index contributed by atoms with van der Waals surface area (Å²) < 4.78 is 2.06. The molecule has 0 saturated carbocycles. The van der Waals surface area contributed by atoms with Crippen LogP contribution in [0.4, 0.5) is 0 Å². The highest BCUT2D eigenvalue weighted by molar-refractivity contribution is 7.80. The summed E-state index contributed by atoms with van der Waals surface area (Å²) in [4.78, 5) is 4.43. The molecule has 0 radical (unpaired) electrons. The van der Waals surface area contributed by atoms with E-state index in [1.807, 2.05) is 32.2 Å². The number of aromatic nitrogens is 2. The molecule has 0 saturated heterocycles. The molecule has 0 spiro atoms. The standard InChI is InChI=1S/C10H13N3S/c1-6-12-8-5-7(10(11)14)3-4-9(8)13(6)2/h3-5,10,14H,11H2,1-2H3. The Bertz CT molecular complexity index is 473. The van der Waals surface area contributed by atoms with Gasteiger partial charge in [0, 0.05) is 7.05 Å². The summed E-state index contributed by atoms with van der Waals surface area (Å²) in [7, 11) is 2.00. The molecule has 0 aliphatic rings. The van der Waals surface area contributed by atoms with Gasteiger partial charge in [-0.25, -0.2) is 4.98 Å². The molecule has 0 aliphatic heterocycles. The van der Waals surface area contributed by atoms with Crippen molar-refractivity contribution in [2.45, 2.75) is 12.3 Å². The van der Waals surface area contributed by atoms with Gasteiger partial charge in [-0.1, -0.05) is 6.07 Å². The van der Waals surface area contributed by atoms with Crippen LogP contribution in [-0.2, 0) is 7.05 Å². The Morgan fingerprint density at radius 1 is 1.50 bits per heavy atom. The van der Waals surface area contributed by atoms with Gasteiger partial charge in [-0.3, -0.25) is 0 Å². The van der Waals surface area contributed by atoms with E-state index in [1.54, 1.807) is 0 Å². The summed E-state index contributed by atoms with van der Waals surface area (Å²) in [5.74, 6) is 1.00. The van der Waals surface area contributed by atoms with Crippen LogP contribution in [0.2, 0.25) is 0 Å². The molecule has 0 amide bonds. The monoisotopic (exact) mass is 207 g/mol. The fourth-order valence-corrected chi connectivity index (χ4v) is 1.68. The highest BCUT2D eigenvalue weighted by Gasteiger charge is 2.06. The molecule has 1 unspecified atom stereocenters. The van der Waals surface area contributed by atoms with Crippen molar-refractivity contribution in [1.29, 1.82) is 0 Å². The Hall–Kier alpha value is -1.00. The van der Waals surface area contributed by atoms with Gasteiger partial charge < -0.3 is 10.3 Å². The van der Waals surface area contributed by atoms with E-state index in [1.165, 1.54) is 0 Å². The van der Waals surface area contributed by atoms with E-state index in [0.717, 1.165) is 22.4 Å². The summed E-state index contributed by atoms with van der Waals surface area (Å²) in [6.45, 7) is 1.99. The Morgan fingerprint density at radius 2 is 2.21 bits per heavy atom. The third-order valence-corrected chi connectivity index (χ3v) is 2.77. The Balaban J connectivity index is 2.67. The van der Waals surface area contributed by atoms with Crippen LogP contribution < -0.4 is 5.73 Å². The van der Waals surface area contributed by atoms with Crippen LogP contribution in [0.3, 0.4) is 0 Å². The van der Waals surface area contributed by atoms with Crippen LogP contribution in [0.5, 0.6) is 0 Å². The minimum absolute atomic E-state index is 0.235. The van der Waals surface area contributed by atoms with Crippen molar-refractivity contribution in [1.82, 2.24) is 9.55 Å². The molecule has 1 aromatic carbocycles. The molecular weight excluding hydrogens is 194 g/mol. The SMILES string of the molecule is Cc1nc2cc(C(N)S)ccc2n1C. The third kappa shape index (κ3) is 1.40. The van der Waals surface area contributed by atoms with Crippen molar-refractivity contribution in [3.8, 4) is 0 Å². The molecule has 0 aliphatic carbocycles. The second kappa shape index (κ2) is 3.29. The molecule has 3 nitrogen and oxygen atoms in total. The van der Waals surface area contributed by atoms with Gasteiger partial charge in [0.1, 0.15) is 5.82 Å². The van der Waals surface area contributed by atoms with Gasteiger partial charge in [-0.15, -0.1) is 0 Å². The predicted octanol–water partition coefficient (Wildman–Crippen LogP) is 1.77. The largest absolute Gasteiger partial charge is 0.331 e. The van der Waals surface area contributed by atoms with Crippen molar-refractivity contribution in [3.63, 3.8) is 0 Å². The number of imidazole rings is 1. The van der Waals surface area contributed by atoms with Crippen molar-refractivity contribution in [3.05, 3.63) is 29.6 Å². The maximum Gasteiger partial charge on any atom is 0.106 e. The van der Waals surface area contributed by atoms with Gasteiger partial charge >= 0.3 is 0 Å². The van der Waals surface area contributed by atoms with Crippen LogP contribution in [0.1, 0.15) is 16.8 Å². The first kappa shape index (κ1) is 9.55. The van der Waals surface area contributed by atoms with Crippen molar-refractivity contribution >= 4 is 23.7 Å². The van der Waals surface area contributed by atoms with Gasteiger partial charge in [-0.2, -0.15) is 12.6 Å². The minimum Gasteiger partial charge on any atom is -0.331 e. The van der Waals surface area contributed by atoms with Crippen LogP contribution >= 0.6 is 12.6 Å². The van der Waals surface area contributed by atoms with E-state index in [2.05, 4.69) is 22.2 Å². The van der Waals surface area contributed by atoms with Gasteiger partial charge in [0.05, 0.1) is 16.4 Å². The predicted molar refractivity (Wildman–Crippen MR) is 61.4 cm³/mol. The molecule has 1 heterocycles. The Morgan fingerprint density at radius 3 is 2.86 bits per heavy atom. The number of thiol groups is 1. The first-order valence-electron chi connectivity index (χ1n) is 4.46. The van der Waals surface area contributed by atoms with Crippen LogP contribution in [0.15, 0.2) is 18.2 Å². The number of nitrogens with zero attached hydrogens (tertiary/aromatic N) is 2. The number of hydrogen-bond acceptors (Lipinski definition) is 3. The van der Waals surface area contributed by atoms with Gasteiger partial charge in [0.25, 0.3) is 0 Å². The zero-order valence-corrected chi connectivity index (χ0v) is 9.12. The highest BCUT2D eigenvalue weighted by Crippen LogP contribution is 2.20. The molecule has 2 aromatic rings. The van der Waals surface area contributed by atoms with Gasteiger partial charge in [0.2, 0.25) is 0 Å². The van der Waals surface area contributed by atoms with Crippen molar-refractivity contribution in [2.24, 2.45) is 12.8 Å². The zero-order chi connectivity index (χ0) is 10.3. The highest BCUT2D eigenvalue weighted by atomic mass is 32.1. The van der Waals surface area contributed by atoms with Gasteiger partial charge in [0.15, 0.2) is 0 Å². The number of nitrogens with two attached hydrogens (primary N) is 1. The van der Waals surface area contributed by atoms with E-state index in [4.69, 9.17) is 5.73 Å². The molecule has 0 bridgehead atoms. The molecule has 1 aromatic heterocycles. The molecule has 2 N–H and O–H groups in total. The lowest BCUT2D eigenvalue weighted by Crippen LogP contribution is -2.01. The first-order chi connectivity index (χ1) is 6.59. The van der Waals surface area contributed by atoms with Crippen molar-refractivity contribution < 1.29 is 0 Å². The lowest BCUT2D eigenvalue weighted by atomic mass is 10.2. The lowest BCUT2D eigenvalue weighted by molar-refractivity contribution is 0.886.